The average Bonchev–Trinajstić information content (AvgIpc) is 3.50. The van der Waals surface area contributed by atoms with Crippen molar-refractivity contribution in [3.63, 3.8) is 0 Å². The fourth-order valence-corrected chi connectivity index (χ4v) is 5.91. The van der Waals surface area contributed by atoms with Crippen molar-refractivity contribution in [2.45, 2.75) is 56.5 Å². The summed E-state index contributed by atoms with van der Waals surface area (Å²) in [6.07, 6.45) is 5.42. The van der Waals surface area contributed by atoms with Gasteiger partial charge in [-0.3, -0.25) is 9.89 Å². The van der Waals surface area contributed by atoms with Crippen LogP contribution in [0.1, 0.15) is 41.3 Å². The molecule has 6 heteroatoms. The van der Waals surface area contributed by atoms with E-state index >= 15 is 0 Å². The molecule has 3 aliphatic heterocycles. The van der Waals surface area contributed by atoms with Gasteiger partial charge in [0.05, 0.1) is 24.3 Å². The van der Waals surface area contributed by atoms with E-state index in [-0.39, 0.29) is 0 Å². The van der Waals surface area contributed by atoms with Crippen LogP contribution in [0.4, 0.5) is 0 Å². The molecule has 4 atom stereocenters. The van der Waals surface area contributed by atoms with Gasteiger partial charge in [-0.15, -0.1) is 11.3 Å². The van der Waals surface area contributed by atoms with Crippen LogP contribution in [-0.2, 0) is 17.7 Å². The van der Waals surface area contributed by atoms with Gasteiger partial charge in [0.1, 0.15) is 0 Å². The monoisotopic (exact) mass is 410 g/mol. The highest BCUT2D eigenvalue weighted by atomic mass is 32.1. The van der Waals surface area contributed by atoms with Crippen molar-refractivity contribution in [3.8, 4) is 0 Å². The standard InChI is InChI=1S/C23H30N4OS/c1-24-23(26-19-13-18-7-8-21(19)28-18)25-14-20(16-5-3-2-4-6-16)27-11-9-22-17(15-27)10-12-29-22/h2-6,10,12,18-21H,7-9,11,13-15H2,1H3,(H2,24,25,26). The zero-order valence-electron chi connectivity index (χ0n) is 17.0. The maximum atomic E-state index is 5.99. The van der Waals surface area contributed by atoms with Crippen molar-refractivity contribution in [2.24, 2.45) is 4.99 Å². The highest BCUT2D eigenvalue weighted by Gasteiger charge is 2.41. The molecule has 2 aromatic rings. The number of rotatable bonds is 5. The summed E-state index contributed by atoms with van der Waals surface area (Å²) in [4.78, 5) is 8.65. The van der Waals surface area contributed by atoms with Crippen molar-refractivity contribution in [1.29, 1.82) is 0 Å². The second-order valence-electron chi connectivity index (χ2n) is 8.33. The normalized spacial score (nSPS) is 27.6. The van der Waals surface area contributed by atoms with Gasteiger partial charge in [0.25, 0.3) is 0 Å². The maximum Gasteiger partial charge on any atom is 0.191 e. The Labute approximate surface area is 177 Å². The molecular formula is C23H30N4OS. The van der Waals surface area contributed by atoms with Crippen LogP contribution >= 0.6 is 11.3 Å². The van der Waals surface area contributed by atoms with E-state index in [1.165, 1.54) is 24.0 Å². The summed E-state index contributed by atoms with van der Waals surface area (Å²) in [5, 5.41) is 9.46. The molecule has 0 amide bonds. The Bertz CT molecular complexity index is 852. The highest BCUT2D eigenvalue weighted by molar-refractivity contribution is 7.10. The van der Waals surface area contributed by atoms with Crippen molar-refractivity contribution >= 4 is 17.3 Å². The second kappa shape index (κ2) is 8.46. The number of fused-ring (bicyclic) bond motifs is 3. The lowest BCUT2D eigenvalue weighted by atomic mass is 9.96. The zero-order valence-corrected chi connectivity index (χ0v) is 17.8. The van der Waals surface area contributed by atoms with Crippen LogP contribution in [0.5, 0.6) is 0 Å². The molecule has 2 saturated heterocycles. The van der Waals surface area contributed by atoms with Gasteiger partial charge in [0.2, 0.25) is 0 Å². The molecule has 0 saturated carbocycles. The van der Waals surface area contributed by atoms with Crippen LogP contribution < -0.4 is 10.6 Å². The number of nitrogens with one attached hydrogen (secondary N) is 2. The van der Waals surface area contributed by atoms with E-state index in [9.17, 15) is 0 Å². The molecule has 1 aromatic carbocycles. The van der Waals surface area contributed by atoms with Gasteiger partial charge in [0, 0.05) is 31.6 Å². The number of thiophene rings is 1. The number of nitrogens with zero attached hydrogens (tertiary/aromatic N) is 2. The number of ether oxygens (including phenoxy) is 1. The van der Waals surface area contributed by atoms with Crippen molar-refractivity contribution in [3.05, 3.63) is 57.8 Å². The number of hydrogen-bond donors (Lipinski definition) is 2. The van der Waals surface area contributed by atoms with E-state index < -0.39 is 0 Å². The Hall–Kier alpha value is -1.89. The molecule has 4 heterocycles. The third-order valence-corrected chi connectivity index (χ3v) is 7.60. The van der Waals surface area contributed by atoms with Crippen LogP contribution in [0.3, 0.4) is 0 Å². The largest absolute Gasteiger partial charge is 0.373 e. The summed E-state index contributed by atoms with van der Waals surface area (Å²) in [7, 11) is 1.86. The van der Waals surface area contributed by atoms with Gasteiger partial charge in [0.15, 0.2) is 5.96 Å². The van der Waals surface area contributed by atoms with Gasteiger partial charge in [-0.1, -0.05) is 30.3 Å². The molecule has 0 spiro atoms. The summed E-state index contributed by atoms with van der Waals surface area (Å²) < 4.78 is 5.99. The lowest BCUT2D eigenvalue weighted by molar-refractivity contribution is 0.0992. The first kappa shape index (κ1) is 19.1. The molecule has 2 fully saturated rings. The van der Waals surface area contributed by atoms with Gasteiger partial charge in [-0.25, -0.2) is 0 Å². The summed E-state index contributed by atoms with van der Waals surface area (Å²) in [6, 6.07) is 13.9. The van der Waals surface area contributed by atoms with E-state index in [1.807, 2.05) is 18.4 Å². The molecule has 3 aliphatic rings. The van der Waals surface area contributed by atoms with Gasteiger partial charge >= 0.3 is 0 Å². The molecule has 0 radical (unpaired) electrons. The third-order valence-electron chi connectivity index (χ3n) is 6.58. The molecule has 5 rings (SSSR count). The molecule has 4 unspecified atom stereocenters. The van der Waals surface area contributed by atoms with Gasteiger partial charge < -0.3 is 15.4 Å². The Morgan fingerprint density at radius 2 is 2.17 bits per heavy atom. The lowest BCUT2D eigenvalue weighted by Gasteiger charge is -2.35. The number of guanidine groups is 1. The quantitative estimate of drug-likeness (QED) is 0.586. The summed E-state index contributed by atoms with van der Waals surface area (Å²) in [6.45, 7) is 2.96. The minimum Gasteiger partial charge on any atom is -0.373 e. The number of aliphatic imine (C=N–C) groups is 1. The first-order valence-electron chi connectivity index (χ1n) is 10.8. The topological polar surface area (TPSA) is 48.9 Å². The Kier molecular flexibility index (Phi) is 5.57. The highest BCUT2D eigenvalue weighted by Crippen LogP contribution is 2.34. The summed E-state index contributed by atoms with van der Waals surface area (Å²) in [5.74, 6) is 0.889. The van der Waals surface area contributed by atoms with Crippen LogP contribution in [0.2, 0.25) is 0 Å². The first-order chi connectivity index (χ1) is 14.3. The predicted molar refractivity (Wildman–Crippen MR) is 118 cm³/mol. The molecule has 2 bridgehead atoms. The molecule has 154 valence electrons. The minimum absolute atomic E-state index is 0.319. The van der Waals surface area contributed by atoms with Crippen LogP contribution in [-0.4, -0.2) is 49.2 Å². The Morgan fingerprint density at radius 3 is 2.93 bits per heavy atom. The van der Waals surface area contributed by atoms with E-state index in [0.717, 1.165) is 38.4 Å². The summed E-state index contributed by atoms with van der Waals surface area (Å²) >= 11 is 1.90. The molecule has 29 heavy (non-hydrogen) atoms. The van der Waals surface area contributed by atoms with Gasteiger partial charge in [-0.05, 0) is 48.3 Å². The molecular weight excluding hydrogens is 380 g/mol. The number of hydrogen-bond acceptors (Lipinski definition) is 4. The first-order valence-corrected chi connectivity index (χ1v) is 11.6. The molecule has 0 aliphatic carbocycles. The predicted octanol–water partition coefficient (Wildman–Crippen LogP) is 3.33. The fourth-order valence-electron chi connectivity index (χ4n) is 5.02. The Morgan fingerprint density at radius 1 is 1.28 bits per heavy atom. The van der Waals surface area contributed by atoms with E-state index in [0.29, 0.717) is 24.3 Å². The smallest absolute Gasteiger partial charge is 0.191 e. The fraction of sp³-hybridized carbons (Fsp3) is 0.522. The molecule has 1 aromatic heterocycles. The van der Waals surface area contributed by atoms with Crippen LogP contribution in [0.15, 0.2) is 46.8 Å². The van der Waals surface area contributed by atoms with E-state index in [4.69, 9.17) is 4.74 Å². The van der Waals surface area contributed by atoms with E-state index in [2.05, 4.69) is 62.3 Å². The SMILES string of the molecule is CN=C(NCC(c1ccccc1)N1CCc2sccc2C1)NC1CC2CCC1O2. The van der Waals surface area contributed by atoms with Crippen LogP contribution in [0.25, 0.3) is 0 Å². The third kappa shape index (κ3) is 4.06. The second-order valence-corrected chi connectivity index (χ2v) is 9.33. The van der Waals surface area contributed by atoms with Crippen molar-refractivity contribution in [1.82, 2.24) is 15.5 Å². The van der Waals surface area contributed by atoms with Crippen LogP contribution in [0, 0.1) is 0 Å². The lowest BCUT2D eigenvalue weighted by Crippen LogP contribution is -2.49. The van der Waals surface area contributed by atoms with Crippen molar-refractivity contribution in [2.75, 3.05) is 20.1 Å². The minimum atomic E-state index is 0.319. The molecule has 2 N–H and O–H groups in total. The average molecular weight is 411 g/mol. The molecule has 5 nitrogen and oxygen atoms in total. The summed E-state index contributed by atoms with van der Waals surface area (Å²) in [5.41, 5.74) is 2.85. The number of benzene rings is 1. The van der Waals surface area contributed by atoms with E-state index in [1.54, 1.807) is 4.88 Å². The van der Waals surface area contributed by atoms with Gasteiger partial charge in [-0.2, -0.15) is 0 Å². The zero-order chi connectivity index (χ0) is 19.6. The maximum absolute atomic E-state index is 5.99. The van der Waals surface area contributed by atoms with Crippen molar-refractivity contribution < 1.29 is 4.74 Å². The Balaban J connectivity index is 1.27.